The molecule has 2 aromatic carbocycles. The van der Waals surface area contributed by atoms with E-state index in [2.05, 4.69) is 10.1 Å². The molecule has 1 amide bonds. The van der Waals surface area contributed by atoms with Crippen LogP contribution in [-0.2, 0) is 14.3 Å². The molecule has 0 aromatic heterocycles. The molecule has 0 saturated carbocycles. The summed E-state index contributed by atoms with van der Waals surface area (Å²) in [5.74, 6) is -0.968. The van der Waals surface area contributed by atoms with Gasteiger partial charge in [-0.2, -0.15) is 0 Å². The summed E-state index contributed by atoms with van der Waals surface area (Å²) in [5.41, 5.74) is 0.946. The highest BCUT2D eigenvalue weighted by Gasteiger charge is 2.17. The molecule has 0 saturated heterocycles. The number of esters is 2. The highest BCUT2D eigenvalue weighted by atomic mass is 16.5. The third kappa shape index (κ3) is 5.21. The van der Waals surface area contributed by atoms with Crippen molar-refractivity contribution < 1.29 is 33.3 Å². The monoisotopic (exact) mass is 373 g/mol. The molecule has 0 atom stereocenters. The van der Waals surface area contributed by atoms with Crippen molar-refractivity contribution >= 4 is 23.5 Å². The summed E-state index contributed by atoms with van der Waals surface area (Å²) in [5, 5.41) is 2.56. The van der Waals surface area contributed by atoms with Gasteiger partial charge in [-0.05, 0) is 42.5 Å². The van der Waals surface area contributed by atoms with Crippen LogP contribution in [0.2, 0.25) is 0 Å². The van der Waals surface area contributed by atoms with Crippen LogP contribution in [0.4, 0.5) is 5.69 Å². The molecule has 0 spiro atoms. The van der Waals surface area contributed by atoms with Gasteiger partial charge in [0.25, 0.3) is 5.91 Å². The number of ether oxygens (including phenoxy) is 4. The third-order valence-electron chi connectivity index (χ3n) is 3.55. The predicted octanol–water partition coefficient (Wildman–Crippen LogP) is 2.29. The second-order valence-corrected chi connectivity index (χ2v) is 5.26. The van der Waals surface area contributed by atoms with Crippen LogP contribution in [0.15, 0.2) is 42.5 Å². The van der Waals surface area contributed by atoms with Gasteiger partial charge in [0.1, 0.15) is 17.1 Å². The van der Waals surface area contributed by atoms with Crippen molar-refractivity contribution in [1.29, 1.82) is 0 Å². The fraction of sp³-hybridized carbons (Fsp3) is 0.211. The number of nitrogens with one attached hydrogen (secondary N) is 1. The average molecular weight is 373 g/mol. The molecule has 0 fully saturated rings. The number of amides is 1. The minimum Gasteiger partial charge on any atom is -0.497 e. The number of rotatable bonds is 7. The van der Waals surface area contributed by atoms with Gasteiger partial charge >= 0.3 is 11.9 Å². The molecule has 0 aliphatic heterocycles. The van der Waals surface area contributed by atoms with Gasteiger partial charge in [-0.3, -0.25) is 4.79 Å². The Bertz CT molecular complexity index is 830. The zero-order chi connectivity index (χ0) is 19.8. The van der Waals surface area contributed by atoms with Crippen molar-refractivity contribution in [3.63, 3.8) is 0 Å². The van der Waals surface area contributed by atoms with Crippen molar-refractivity contribution in [2.24, 2.45) is 0 Å². The maximum Gasteiger partial charge on any atom is 0.342 e. The van der Waals surface area contributed by atoms with Crippen molar-refractivity contribution in [2.45, 2.75) is 0 Å². The van der Waals surface area contributed by atoms with Gasteiger partial charge in [-0.1, -0.05) is 0 Å². The number of hydrogen-bond donors (Lipinski definition) is 1. The Hall–Kier alpha value is -3.55. The number of anilines is 1. The van der Waals surface area contributed by atoms with E-state index in [1.807, 2.05) is 0 Å². The van der Waals surface area contributed by atoms with E-state index in [4.69, 9.17) is 14.2 Å². The van der Waals surface area contributed by atoms with Gasteiger partial charge in [-0.15, -0.1) is 0 Å². The Morgan fingerprint density at radius 3 is 2.19 bits per heavy atom. The molecule has 0 bridgehead atoms. The van der Waals surface area contributed by atoms with E-state index in [-0.39, 0.29) is 5.56 Å². The standard InChI is InChI=1S/C19H19NO7/c1-24-14-8-9-16(25-2)15(10-14)19(23)27-11-17(21)20-13-6-4-12(5-7-13)18(22)26-3/h4-10H,11H2,1-3H3,(H,20,21). The Kier molecular flexibility index (Phi) is 6.76. The molecule has 27 heavy (non-hydrogen) atoms. The van der Waals surface area contributed by atoms with Gasteiger partial charge < -0.3 is 24.3 Å². The summed E-state index contributed by atoms with van der Waals surface area (Å²) in [7, 11) is 4.17. The lowest BCUT2D eigenvalue weighted by Crippen LogP contribution is -2.21. The largest absolute Gasteiger partial charge is 0.497 e. The molecule has 2 aromatic rings. The molecule has 0 radical (unpaired) electrons. The molecule has 1 N–H and O–H groups in total. The van der Waals surface area contributed by atoms with Gasteiger partial charge in [0, 0.05) is 5.69 Å². The van der Waals surface area contributed by atoms with Crippen LogP contribution in [0.3, 0.4) is 0 Å². The van der Waals surface area contributed by atoms with Gasteiger partial charge in [0.15, 0.2) is 6.61 Å². The molecular weight excluding hydrogens is 354 g/mol. The number of hydrogen-bond acceptors (Lipinski definition) is 7. The van der Waals surface area contributed by atoms with E-state index in [1.165, 1.54) is 51.7 Å². The van der Waals surface area contributed by atoms with Crippen LogP contribution in [-0.4, -0.2) is 45.8 Å². The lowest BCUT2D eigenvalue weighted by Gasteiger charge is -2.10. The summed E-state index contributed by atoms with van der Waals surface area (Å²) >= 11 is 0. The lowest BCUT2D eigenvalue weighted by atomic mass is 10.2. The normalized spacial score (nSPS) is 9.89. The van der Waals surface area contributed by atoms with E-state index >= 15 is 0 Å². The second kappa shape index (κ2) is 9.23. The number of methoxy groups -OCH3 is 3. The summed E-state index contributed by atoms with van der Waals surface area (Å²) in [6, 6.07) is 10.8. The molecule has 2 rings (SSSR count). The van der Waals surface area contributed by atoms with Crippen LogP contribution >= 0.6 is 0 Å². The number of carbonyl (C=O) groups is 3. The minimum absolute atomic E-state index is 0.145. The Morgan fingerprint density at radius 1 is 0.889 bits per heavy atom. The smallest absolute Gasteiger partial charge is 0.342 e. The molecule has 8 nitrogen and oxygen atoms in total. The Labute approximate surface area is 156 Å². The van der Waals surface area contributed by atoms with Crippen LogP contribution in [0.25, 0.3) is 0 Å². The molecule has 142 valence electrons. The van der Waals surface area contributed by atoms with Crippen molar-refractivity contribution in [2.75, 3.05) is 33.3 Å². The molecular formula is C19H19NO7. The molecule has 0 heterocycles. The zero-order valence-corrected chi connectivity index (χ0v) is 15.1. The van der Waals surface area contributed by atoms with Crippen molar-refractivity contribution in [3.8, 4) is 11.5 Å². The van der Waals surface area contributed by atoms with Crippen LogP contribution in [0.1, 0.15) is 20.7 Å². The van der Waals surface area contributed by atoms with E-state index < -0.39 is 24.5 Å². The van der Waals surface area contributed by atoms with Crippen LogP contribution < -0.4 is 14.8 Å². The fourth-order valence-corrected chi connectivity index (χ4v) is 2.19. The highest BCUT2D eigenvalue weighted by molar-refractivity contribution is 5.97. The van der Waals surface area contributed by atoms with Crippen LogP contribution in [0.5, 0.6) is 11.5 Å². The summed E-state index contributed by atoms with van der Waals surface area (Å²) in [6.07, 6.45) is 0. The first kappa shape index (κ1) is 19.8. The first-order valence-electron chi connectivity index (χ1n) is 7.86. The summed E-state index contributed by atoms with van der Waals surface area (Å²) in [4.78, 5) is 35.5. The van der Waals surface area contributed by atoms with Gasteiger partial charge in [0.2, 0.25) is 0 Å². The molecule has 8 heteroatoms. The quantitative estimate of drug-likeness (QED) is 0.743. The number of benzene rings is 2. The first-order chi connectivity index (χ1) is 13.0. The first-order valence-corrected chi connectivity index (χ1v) is 7.86. The SMILES string of the molecule is COC(=O)c1ccc(NC(=O)COC(=O)c2cc(OC)ccc2OC)cc1. The molecule has 0 aliphatic carbocycles. The van der Waals surface area contributed by atoms with Crippen molar-refractivity contribution in [1.82, 2.24) is 0 Å². The fourth-order valence-electron chi connectivity index (χ4n) is 2.19. The third-order valence-corrected chi connectivity index (χ3v) is 3.55. The second-order valence-electron chi connectivity index (χ2n) is 5.26. The Balaban J connectivity index is 1.95. The summed E-state index contributed by atoms with van der Waals surface area (Å²) < 4.78 is 19.8. The highest BCUT2D eigenvalue weighted by Crippen LogP contribution is 2.24. The van der Waals surface area contributed by atoms with E-state index in [0.717, 1.165) is 0 Å². The van der Waals surface area contributed by atoms with E-state index in [0.29, 0.717) is 22.7 Å². The number of carbonyl (C=O) groups excluding carboxylic acids is 3. The average Bonchev–Trinajstić information content (AvgIpc) is 2.71. The van der Waals surface area contributed by atoms with Crippen LogP contribution in [0, 0.1) is 0 Å². The van der Waals surface area contributed by atoms with E-state index in [9.17, 15) is 14.4 Å². The molecule has 0 aliphatic rings. The van der Waals surface area contributed by atoms with Crippen molar-refractivity contribution in [3.05, 3.63) is 53.6 Å². The zero-order valence-electron chi connectivity index (χ0n) is 15.1. The summed E-state index contributed by atoms with van der Waals surface area (Å²) in [6.45, 7) is -0.488. The predicted molar refractivity (Wildman–Crippen MR) is 96.2 cm³/mol. The molecule has 0 unspecified atom stereocenters. The van der Waals surface area contributed by atoms with Gasteiger partial charge in [0.05, 0.1) is 26.9 Å². The van der Waals surface area contributed by atoms with E-state index in [1.54, 1.807) is 12.1 Å². The Morgan fingerprint density at radius 2 is 1.59 bits per heavy atom. The minimum atomic E-state index is -0.720. The maximum atomic E-state index is 12.2. The maximum absolute atomic E-state index is 12.2. The topological polar surface area (TPSA) is 100 Å². The van der Waals surface area contributed by atoms with Gasteiger partial charge in [-0.25, -0.2) is 9.59 Å². The lowest BCUT2D eigenvalue weighted by molar-refractivity contribution is -0.119.